The Balaban J connectivity index is 1.45. The van der Waals surface area contributed by atoms with Crippen LogP contribution in [0.1, 0.15) is 5.89 Å². The Labute approximate surface area is 171 Å². The Morgan fingerprint density at radius 3 is 2.72 bits per heavy atom. The van der Waals surface area contributed by atoms with E-state index in [-0.39, 0.29) is 23.3 Å². The molecular weight excluding hydrogens is 444 g/mol. The minimum Gasteiger partial charge on any atom is -0.454 e. The summed E-state index contributed by atoms with van der Waals surface area (Å²) in [5.41, 5.74) is -0.226. The van der Waals surface area contributed by atoms with Crippen molar-refractivity contribution in [3.05, 3.63) is 79.6 Å². The lowest BCUT2D eigenvalue weighted by Crippen LogP contribution is -2.32. The number of esters is 1. The third-order valence-electron chi connectivity index (χ3n) is 4.08. The Kier molecular flexibility index (Phi) is 5.09. The molecule has 0 unspecified atom stereocenters. The summed E-state index contributed by atoms with van der Waals surface area (Å²) in [6, 6.07) is 13.7. The number of carbonyl (C=O) groups excluding carboxylic acids is 1. The summed E-state index contributed by atoms with van der Waals surface area (Å²) >= 11 is 3.36. The Hall–Kier alpha value is -3.53. The van der Waals surface area contributed by atoms with Gasteiger partial charge in [-0.2, -0.15) is 4.98 Å². The highest BCUT2D eigenvalue weighted by molar-refractivity contribution is 9.10. The molecule has 2 heterocycles. The molecule has 1 N–H and O–H groups in total. The minimum atomic E-state index is -0.736. The summed E-state index contributed by atoms with van der Waals surface area (Å²) in [7, 11) is 0. The zero-order valence-electron chi connectivity index (χ0n) is 14.8. The van der Waals surface area contributed by atoms with Crippen LogP contribution in [0.15, 0.2) is 67.1 Å². The van der Waals surface area contributed by atoms with Gasteiger partial charge in [0.25, 0.3) is 17.0 Å². The lowest BCUT2D eigenvalue weighted by molar-refractivity contribution is -0.146. The number of nitrogens with one attached hydrogen (secondary N) is 1. The van der Waals surface area contributed by atoms with Gasteiger partial charge in [0.2, 0.25) is 5.82 Å². The van der Waals surface area contributed by atoms with Gasteiger partial charge in [-0.3, -0.25) is 19.5 Å². The standard InChI is InChI=1S/C19H13BrN4O5/c20-12-5-3-4-11(8-12)17-21-15(29-23-17)10-28-16(25)9-24-19(27)14-7-2-1-6-13(14)18(26)22-24/h1-8H,9-10H2,(H,22,26). The second-order valence-corrected chi connectivity index (χ2v) is 6.98. The second kappa shape index (κ2) is 7.84. The van der Waals surface area contributed by atoms with Crippen LogP contribution >= 0.6 is 15.9 Å². The van der Waals surface area contributed by atoms with E-state index in [1.165, 1.54) is 12.1 Å². The lowest BCUT2D eigenvalue weighted by atomic mass is 10.2. The Morgan fingerprint density at radius 2 is 1.93 bits per heavy atom. The Morgan fingerprint density at radius 1 is 1.14 bits per heavy atom. The number of halogens is 1. The normalized spacial score (nSPS) is 10.9. The van der Waals surface area contributed by atoms with Crippen molar-refractivity contribution in [2.75, 3.05) is 0 Å². The molecular formula is C19H13BrN4O5. The molecule has 0 spiro atoms. The van der Waals surface area contributed by atoms with Gasteiger partial charge in [0.15, 0.2) is 6.61 Å². The van der Waals surface area contributed by atoms with E-state index in [1.54, 1.807) is 12.1 Å². The highest BCUT2D eigenvalue weighted by atomic mass is 79.9. The summed E-state index contributed by atoms with van der Waals surface area (Å²) in [6.07, 6.45) is 0. The van der Waals surface area contributed by atoms with E-state index in [0.29, 0.717) is 5.82 Å². The molecule has 10 heteroatoms. The molecule has 9 nitrogen and oxygen atoms in total. The van der Waals surface area contributed by atoms with Gasteiger partial charge in [0, 0.05) is 10.0 Å². The average Bonchev–Trinajstić information content (AvgIpc) is 3.19. The highest BCUT2D eigenvalue weighted by Crippen LogP contribution is 2.20. The van der Waals surface area contributed by atoms with Gasteiger partial charge in [0.05, 0.1) is 10.8 Å². The van der Waals surface area contributed by atoms with Gasteiger partial charge in [-0.25, -0.2) is 4.68 Å². The number of nitrogens with zero attached hydrogens (tertiary/aromatic N) is 3. The van der Waals surface area contributed by atoms with Crippen LogP contribution in [0.5, 0.6) is 0 Å². The van der Waals surface area contributed by atoms with Crippen LogP contribution in [-0.2, 0) is 22.7 Å². The number of aromatic amines is 1. The van der Waals surface area contributed by atoms with Gasteiger partial charge < -0.3 is 9.26 Å². The molecule has 0 radical (unpaired) electrons. The number of hydrogen-bond acceptors (Lipinski definition) is 7. The van der Waals surface area contributed by atoms with E-state index in [9.17, 15) is 14.4 Å². The number of H-pyrrole nitrogens is 1. The highest BCUT2D eigenvalue weighted by Gasteiger charge is 2.14. The van der Waals surface area contributed by atoms with Crippen molar-refractivity contribution in [3.63, 3.8) is 0 Å². The van der Waals surface area contributed by atoms with Crippen molar-refractivity contribution in [3.8, 4) is 11.4 Å². The van der Waals surface area contributed by atoms with E-state index in [1.807, 2.05) is 24.3 Å². The van der Waals surface area contributed by atoms with Crippen LogP contribution in [-0.4, -0.2) is 25.9 Å². The number of hydrogen-bond donors (Lipinski definition) is 1. The van der Waals surface area contributed by atoms with Crippen molar-refractivity contribution in [2.45, 2.75) is 13.2 Å². The van der Waals surface area contributed by atoms with Crippen LogP contribution in [0.2, 0.25) is 0 Å². The van der Waals surface area contributed by atoms with Crippen molar-refractivity contribution >= 4 is 32.7 Å². The smallest absolute Gasteiger partial charge is 0.328 e. The first-order valence-corrected chi connectivity index (χ1v) is 9.26. The van der Waals surface area contributed by atoms with Crippen molar-refractivity contribution in [1.29, 1.82) is 0 Å². The predicted molar refractivity (Wildman–Crippen MR) is 106 cm³/mol. The maximum atomic E-state index is 12.4. The molecule has 0 bridgehead atoms. The maximum absolute atomic E-state index is 12.4. The third kappa shape index (κ3) is 4.02. The molecule has 0 saturated carbocycles. The van der Waals surface area contributed by atoms with Crippen molar-refractivity contribution in [1.82, 2.24) is 19.9 Å². The average molecular weight is 457 g/mol. The third-order valence-corrected chi connectivity index (χ3v) is 4.57. The minimum absolute atomic E-state index is 0.104. The monoisotopic (exact) mass is 456 g/mol. The molecule has 29 heavy (non-hydrogen) atoms. The molecule has 0 amide bonds. The van der Waals surface area contributed by atoms with E-state index in [4.69, 9.17) is 9.26 Å². The summed E-state index contributed by atoms with van der Waals surface area (Å²) in [5.74, 6) is -0.277. The first-order chi connectivity index (χ1) is 14.0. The second-order valence-electron chi connectivity index (χ2n) is 6.06. The molecule has 4 rings (SSSR count). The van der Waals surface area contributed by atoms with E-state index < -0.39 is 23.6 Å². The number of benzene rings is 2. The number of fused-ring (bicyclic) bond motifs is 1. The fourth-order valence-electron chi connectivity index (χ4n) is 2.73. The molecule has 146 valence electrons. The van der Waals surface area contributed by atoms with Crippen LogP contribution in [0, 0.1) is 0 Å². The molecule has 0 atom stereocenters. The van der Waals surface area contributed by atoms with Gasteiger partial charge in [-0.05, 0) is 24.3 Å². The van der Waals surface area contributed by atoms with E-state index in [2.05, 4.69) is 31.2 Å². The van der Waals surface area contributed by atoms with Gasteiger partial charge in [-0.15, -0.1) is 0 Å². The first-order valence-electron chi connectivity index (χ1n) is 8.47. The van der Waals surface area contributed by atoms with Gasteiger partial charge in [-0.1, -0.05) is 45.4 Å². The summed E-state index contributed by atoms with van der Waals surface area (Å²) in [6.45, 7) is -0.710. The van der Waals surface area contributed by atoms with Crippen LogP contribution in [0.25, 0.3) is 22.2 Å². The Bertz CT molecular complexity index is 1320. The summed E-state index contributed by atoms with van der Waals surface area (Å²) in [4.78, 5) is 40.8. The zero-order chi connectivity index (χ0) is 20.4. The molecule has 0 fully saturated rings. The molecule has 0 aliphatic carbocycles. The SMILES string of the molecule is O=C(Cn1[nH]c(=O)c2ccccc2c1=O)OCc1nc(-c2cccc(Br)c2)no1. The van der Waals surface area contributed by atoms with E-state index in [0.717, 1.165) is 14.7 Å². The molecule has 4 aromatic rings. The molecule has 2 aromatic heterocycles. The topological polar surface area (TPSA) is 120 Å². The molecule has 0 aliphatic rings. The van der Waals surface area contributed by atoms with Crippen LogP contribution in [0.4, 0.5) is 0 Å². The lowest BCUT2D eigenvalue weighted by Gasteiger charge is -2.06. The number of aromatic nitrogens is 4. The predicted octanol–water partition coefficient (Wildman–Crippen LogP) is 2.25. The van der Waals surface area contributed by atoms with Gasteiger partial charge >= 0.3 is 5.97 Å². The summed E-state index contributed by atoms with van der Waals surface area (Å²) < 4.78 is 11.9. The molecule has 2 aromatic carbocycles. The maximum Gasteiger partial charge on any atom is 0.328 e. The summed E-state index contributed by atoms with van der Waals surface area (Å²) in [5, 5.41) is 6.70. The first kappa shape index (κ1) is 18.8. The fraction of sp³-hybridized carbons (Fsp3) is 0.105. The number of rotatable bonds is 5. The van der Waals surface area contributed by atoms with Crippen LogP contribution < -0.4 is 11.1 Å². The zero-order valence-corrected chi connectivity index (χ0v) is 16.4. The van der Waals surface area contributed by atoms with Gasteiger partial charge in [0.1, 0.15) is 6.54 Å². The molecule has 0 aliphatic heterocycles. The van der Waals surface area contributed by atoms with Crippen LogP contribution in [0.3, 0.4) is 0 Å². The quantitative estimate of drug-likeness (QED) is 0.457. The molecule has 0 saturated heterocycles. The fourth-order valence-corrected chi connectivity index (χ4v) is 3.13. The number of ether oxygens (including phenoxy) is 1. The van der Waals surface area contributed by atoms with Crippen molar-refractivity contribution in [2.24, 2.45) is 0 Å². The largest absolute Gasteiger partial charge is 0.454 e. The number of carbonyl (C=O) groups is 1. The van der Waals surface area contributed by atoms with E-state index >= 15 is 0 Å². The van der Waals surface area contributed by atoms with Crippen molar-refractivity contribution < 1.29 is 14.1 Å².